The van der Waals surface area contributed by atoms with Crippen molar-refractivity contribution in [2.75, 3.05) is 0 Å². The number of carbonyl (C=O) groups is 1. The second-order valence-corrected chi connectivity index (χ2v) is 3.45. The van der Waals surface area contributed by atoms with Gasteiger partial charge in [0, 0.05) is 12.3 Å². The van der Waals surface area contributed by atoms with Gasteiger partial charge in [0.05, 0.1) is 0 Å². The summed E-state index contributed by atoms with van der Waals surface area (Å²) < 4.78 is 1.44. The lowest BCUT2D eigenvalue weighted by atomic mass is 10.3. The Labute approximate surface area is 91.5 Å². The summed E-state index contributed by atoms with van der Waals surface area (Å²) in [5.74, 6) is 0.617. The summed E-state index contributed by atoms with van der Waals surface area (Å²) in [6.45, 7) is 1.90. The zero-order valence-electron chi connectivity index (χ0n) is 8.01. The summed E-state index contributed by atoms with van der Waals surface area (Å²) >= 11 is 5.73. The van der Waals surface area contributed by atoms with Gasteiger partial charge in [0.1, 0.15) is 5.69 Å². The van der Waals surface area contributed by atoms with E-state index in [0.29, 0.717) is 17.8 Å². The lowest BCUT2D eigenvalue weighted by molar-refractivity contribution is 0.111. The molecule has 0 aromatic carbocycles. The molecule has 0 bridgehead atoms. The lowest BCUT2D eigenvalue weighted by Gasteiger charge is -2.04. The molecule has 0 unspecified atom stereocenters. The molecule has 0 fully saturated rings. The molecule has 2 aromatic rings. The minimum absolute atomic E-state index is 0.280. The summed E-state index contributed by atoms with van der Waals surface area (Å²) in [6, 6.07) is 5.22. The average Bonchev–Trinajstić information content (AvgIpc) is 2.60. The molecule has 0 aliphatic carbocycles. The minimum Gasteiger partial charge on any atom is -0.296 e. The smallest absolute Gasteiger partial charge is 0.168 e. The van der Waals surface area contributed by atoms with E-state index in [2.05, 4.69) is 10.1 Å². The van der Waals surface area contributed by atoms with Gasteiger partial charge in [-0.25, -0.2) is 9.67 Å². The highest BCUT2D eigenvalue weighted by Gasteiger charge is 2.10. The van der Waals surface area contributed by atoms with Crippen LogP contribution < -0.4 is 0 Å². The van der Waals surface area contributed by atoms with Gasteiger partial charge < -0.3 is 0 Å². The van der Waals surface area contributed by atoms with Crippen LogP contribution in [0, 0.1) is 6.92 Å². The molecule has 0 saturated heterocycles. The third kappa shape index (κ3) is 1.76. The molecule has 2 heterocycles. The standard InChI is InChI=1S/C10H8ClN3O/c1-7-3-2-4-12-10(7)14-8(6-15)5-9(11)13-14/h2-6H,1H3. The first-order valence-electron chi connectivity index (χ1n) is 4.35. The second-order valence-electron chi connectivity index (χ2n) is 3.07. The average molecular weight is 222 g/mol. The van der Waals surface area contributed by atoms with Crippen LogP contribution in [0.4, 0.5) is 0 Å². The Bertz CT molecular complexity index is 507. The largest absolute Gasteiger partial charge is 0.296 e. The SMILES string of the molecule is Cc1cccnc1-n1nc(Cl)cc1C=O. The molecule has 0 atom stereocenters. The van der Waals surface area contributed by atoms with Crippen molar-refractivity contribution in [3.63, 3.8) is 0 Å². The Kier molecular flexibility index (Phi) is 2.51. The van der Waals surface area contributed by atoms with E-state index >= 15 is 0 Å². The van der Waals surface area contributed by atoms with E-state index in [1.807, 2.05) is 19.1 Å². The summed E-state index contributed by atoms with van der Waals surface area (Å²) in [5.41, 5.74) is 1.32. The molecular weight excluding hydrogens is 214 g/mol. The zero-order chi connectivity index (χ0) is 10.8. The molecule has 2 aromatic heterocycles. The topological polar surface area (TPSA) is 47.8 Å². The van der Waals surface area contributed by atoms with Gasteiger partial charge in [-0.1, -0.05) is 17.7 Å². The van der Waals surface area contributed by atoms with Crippen LogP contribution in [0.2, 0.25) is 5.15 Å². The van der Waals surface area contributed by atoms with Gasteiger partial charge in [0.2, 0.25) is 0 Å². The monoisotopic (exact) mass is 221 g/mol. The fourth-order valence-electron chi connectivity index (χ4n) is 1.32. The van der Waals surface area contributed by atoms with Crippen LogP contribution in [-0.4, -0.2) is 21.1 Å². The first-order valence-corrected chi connectivity index (χ1v) is 4.73. The number of hydrogen-bond acceptors (Lipinski definition) is 3. The summed E-state index contributed by atoms with van der Waals surface area (Å²) in [5, 5.41) is 4.28. The van der Waals surface area contributed by atoms with E-state index in [-0.39, 0.29) is 5.15 Å². The Hall–Kier alpha value is -1.68. The number of rotatable bonds is 2. The Balaban J connectivity index is 2.63. The van der Waals surface area contributed by atoms with Gasteiger partial charge in [-0.2, -0.15) is 5.10 Å². The number of aryl methyl sites for hydroxylation is 1. The molecule has 76 valence electrons. The van der Waals surface area contributed by atoms with Crippen molar-refractivity contribution in [3.05, 3.63) is 40.8 Å². The normalized spacial score (nSPS) is 10.3. The van der Waals surface area contributed by atoms with Crippen molar-refractivity contribution in [2.24, 2.45) is 0 Å². The lowest BCUT2D eigenvalue weighted by Crippen LogP contribution is -2.05. The third-order valence-corrected chi connectivity index (χ3v) is 2.19. The maximum atomic E-state index is 10.8. The zero-order valence-corrected chi connectivity index (χ0v) is 8.77. The van der Waals surface area contributed by atoms with Crippen molar-refractivity contribution in [1.82, 2.24) is 14.8 Å². The number of halogens is 1. The number of aromatic nitrogens is 3. The number of carbonyl (C=O) groups excluding carboxylic acids is 1. The molecule has 0 saturated carbocycles. The van der Waals surface area contributed by atoms with Gasteiger partial charge in [-0.15, -0.1) is 0 Å². The van der Waals surface area contributed by atoms with Gasteiger partial charge >= 0.3 is 0 Å². The van der Waals surface area contributed by atoms with Crippen molar-refractivity contribution in [2.45, 2.75) is 6.92 Å². The van der Waals surface area contributed by atoms with Crippen LogP contribution in [0.25, 0.3) is 5.82 Å². The quantitative estimate of drug-likeness (QED) is 0.730. The van der Waals surface area contributed by atoms with Gasteiger partial charge in [0.15, 0.2) is 17.3 Å². The van der Waals surface area contributed by atoms with Gasteiger partial charge in [-0.05, 0) is 18.6 Å². The molecule has 0 spiro atoms. The number of pyridine rings is 1. The summed E-state index contributed by atoms with van der Waals surface area (Å²) in [7, 11) is 0. The maximum absolute atomic E-state index is 10.8. The van der Waals surface area contributed by atoms with E-state index in [1.165, 1.54) is 10.7 Å². The van der Waals surface area contributed by atoms with Crippen LogP contribution in [0.15, 0.2) is 24.4 Å². The van der Waals surface area contributed by atoms with E-state index < -0.39 is 0 Å². The van der Waals surface area contributed by atoms with E-state index in [0.717, 1.165) is 5.56 Å². The highest BCUT2D eigenvalue weighted by molar-refractivity contribution is 6.29. The fourth-order valence-corrected chi connectivity index (χ4v) is 1.51. The van der Waals surface area contributed by atoms with Crippen LogP contribution in [0.3, 0.4) is 0 Å². The molecule has 5 heteroatoms. The molecule has 4 nitrogen and oxygen atoms in total. The molecular formula is C10H8ClN3O. The second kappa shape index (κ2) is 3.82. The maximum Gasteiger partial charge on any atom is 0.168 e. The third-order valence-electron chi connectivity index (χ3n) is 2.01. The predicted octanol–water partition coefficient (Wildman–Crippen LogP) is 2.04. The Morgan fingerprint density at radius 3 is 3.00 bits per heavy atom. The van der Waals surface area contributed by atoms with Crippen LogP contribution in [0.5, 0.6) is 0 Å². The van der Waals surface area contributed by atoms with E-state index in [4.69, 9.17) is 11.6 Å². The van der Waals surface area contributed by atoms with Crippen molar-refractivity contribution in [1.29, 1.82) is 0 Å². The van der Waals surface area contributed by atoms with E-state index in [1.54, 1.807) is 6.20 Å². The van der Waals surface area contributed by atoms with Gasteiger partial charge in [0.25, 0.3) is 0 Å². The molecule has 0 aliphatic rings. The molecule has 0 aliphatic heterocycles. The summed E-state index contributed by atoms with van der Waals surface area (Å²) in [6.07, 6.45) is 2.35. The highest BCUT2D eigenvalue weighted by Crippen LogP contribution is 2.15. The molecule has 0 amide bonds. The minimum atomic E-state index is 0.280. The number of nitrogens with zero attached hydrogens (tertiary/aromatic N) is 3. The predicted molar refractivity (Wildman–Crippen MR) is 56.5 cm³/mol. The Morgan fingerprint density at radius 2 is 2.33 bits per heavy atom. The van der Waals surface area contributed by atoms with Crippen molar-refractivity contribution in [3.8, 4) is 5.82 Å². The molecule has 15 heavy (non-hydrogen) atoms. The van der Waals surface area contributed by atoms with Crippen LogP contribution in [0.1, 0.15) is 16.1 Å². The number of aldehydes is 1. The highest BCUT2D eigenvalue weighted by atomic mass is 35.5. The first-order chi connectivity index (χ1) is 7.22. The van der Waals surface area contributed by atoms with Crippen molar-refractivity contribution >= 4 is 17.9 Å². The summed E-state index contributed by atoms with van der Waals surface area (Å²) in [4.78, 5) is 14.9. The van der Waals surface area contributed by atoms with Crippen LogP contribution >= 0.6 is 11.6 Å². The van der Waals surface area contributed by atoms with Crippen molar-refractivity contribution < 1.29 is 4.79 Å². The number of hydrogen-bond donors (Lipinski definition) is 0. The Morgan fingerprint density at radius 1 is 1.53 bits per heavy atom. The van der Waals surface area contributed by atoms with Crippen LogP contribution in [-0.2, 0) is 0 Å². The molecule has 0 N–H and O–H groups in total. The fraction of sp³-hybridized carbons (Fsp3) is 0.100. The van der Waals surface area contributed by atoms with Gasteiger partial charge in [-0.3, -0.25) is 4.79 Å². The van der Waals surface area contributed by atoms with E-state index in [9.17, 15) is 4.79 Å². The molecule has 0 radical (unpaired) electrons. The molecule has 2 rings (SSSR count). The first kappa shape index (κ1) is 9.86.